The number of benzene rings is 2. The minimum absolute atomic E-state index is 0.570. The second-order valence-corrected chi connectivity index (χ2v) is 5.53. The van der Waals surface area contributed by atoms with Gasteiger partial charge in [0, 0.05) is 6.42 Å². The monoisotopic (exact) mass is 332 g/mol. The van der Waals surface area contributed by atoms with E-state index in [1.54, 1.807) is 24.3 Å². The molecule has 0 aliphatic rings. The Morgan fingerprint density at radius 2 is 1.84 bits per heavy atom. The van der Waals surface area contributed by atoms with Gasteiger partial charge in [0.1, 0.15) is 11.5 Å². The van der Waals surface area contributed by atoms with Gasteiger partial charge in [-0.15, -0.1) is 0 Å². The third kappa shape index (κ3) is 6.41. The van der Waals surface area contributed by atoms with Gasteiger partial charge in [-0.05, 0) is 43.7 Å². The molecule has 0 aliphatic carbocycles. The number of nitrogens with zero attached hydrogens (tertiary/aromatic N) is 2. The van der Waals surface area contributed by atoms with Crippen LogP contribution >= 0.6 is 0 Å². The highest BCUT2D eigenvalue weighted by atomic mass is 16.5. The van der Waals surface area contributed by atoms with E-state index in [4.69, 9.17) is 21.3 Å². The summed E-state index contributed by atoms with van der Waals surface area (Å²) in [7, 11) is 0. The summed E-state index contributed by atoms with van der Waals surface area (Å²) in [5, 5.41) is 8.86. The second-order valence-electron chi connectivity index (χ2n) is 5.53. The van der Waals surface area contributed by atoms with Crippen LogP contribution < -0.4 is 9.47 Å². The average Bonchev–Trinajstić information content (AvgIpc) is 2.65. The SMILES string of the molecule is [C-]#[N+]c1cccc(OCC/C(C)=C/CCOc2cccc(C#N)c2)c1. The highest BCUT2D eigenvalue weighted by Gasteiger charge is 1.98. The lowest BCUT2D eigenvalue weighted by molar-refractivity contribution is 0.318. The van der Waals surface area contributed by atoms with E-state index >= 15 is 0 Å². The fourth-order valence-corrected chi connectivity index (χ4v) is 2.21. The minimum Gasteiger partial charge on any atom is -0.495 e. The molecule has 0 aromatic heterocycles. The molecule has 2 aromatic carbocycles. The van der Waals surface area contributed by atoms with Crippen molar-refractivity contribution in [3.8, 4) is 17.6 Å². The molecule has 4 nitrogen and oxygen atoms in total. The maximum atomic E-state index is 8.86. The van der Waals surface area contributed by atoms with Crippen LogP contribution in [0.3, 0.4) is 0 Å². The van der Waals surface area contributed by atoms with Gasteiger partial charge in [-0.25, -0.2) is 4.85 Å². The number of nitriles is 1. The zero-order valence-corrected chi connectivity index (χ0v) is 14.2. The van der Waals surface area contributed by atoms with Crippen LogP contribution in [0.4, 0.5) is 5.69 Å². The first-order chi connectivity index (χ1) is 12.2. The molecule has 0 radical (unpaired) electrons. The summed E-state index contributed by atoms with van der Waals surface area (Å²) in [4.78, 5) is 3.39. The van der Waals surface area contributed by atoms with Crippen molar-refractivity contribution < 1.29 is 9.47 Å². The van der Waals surface area contributed by atoms with Gasteiger partial charge in [0.05, 0.1) is 31.4 Å². The zero-order valence-electron chi connectivity index (χ0n) is 14.2. The lowest BCUT2D eigenvalue weighted by atomic mass is 10.2. The lowest BCUT2D eigenvalue weighted by Gasteiger charge is -2.07. The molecule has 0 saturated carbocycles. The molecule has 2 aromatic rings. The first-order valence-corrected chi connectivity index (χ1v) is 8.10. The van der Waals surface area contributed by atoms with E-state index in [1.807, 2.05) is 24.3 Å². The largest absolute Gasteiger partial charge is 0.495 e. The molecule has 0 bridgehead atoms. The van der Waals surface area contributed by atoms with Gasteiger partial charge in [-0.1, -0.05) is 29.8 Å². The van der Waals surface area contributed by atoms with Crippen molar-refractivity contribution in [2.45, 2.75) is 19.8 Å². The normalized spacial score (nSPS) is 10.6. The van der Waals surface area contributed by atoms with Crippen molar-refractivity contribution in [1.29, 1.82) is 5.26 Å². The van der Waals surface area contributed by atoms with Crippen LogP contribution in [0.1, 0.15) is 25.3 Å². The molecule has 0 aliphatic heterocycles. The predicted molar refractivity (Wildman–Crippen MR) is 97.8 cm³/mol. The molecule has 2 rings (SSSR count). The highest BCUT2D eigenvalue weighted by molar-refractivity contribution is 5.48. The second kappa shape index (κ2) is 9.80. The van der Waals surface area contributed by atoms with Crippen molar-refractivity contribution in [2.24, 2.45) is 0 Å². The Balaban J connectivity index is 1.69. The van der Waals surface area contributed by atoms with Crippen LogP contribution in [0.5, 0.6) is 11.5 Å². The Morgan fingerprint density at radius 1 is 1.12 bits per heavy atom. The van der Waals surface area contributed by atoms with E-state index in [1.165, 1.54) is 5.57 Å². The average molecular weight is 332 g/mol. The van der Waals surface area contributed by atoms with Gasteiger partial charge in [0.2, 0.25) is 0 Å². The van der Waals surface area contributed by atoms with Crippen LogP contribution in [0.15, 0.2) is 60.2 Å². The van der Waals surface area contributed by atoms with Crippen molar-refractivity contribution >= 4 is 5.69 Å². The number of hydrogen-bond donors (Lipinski definition) is 0. The summed E-state index contributed by atoms with van der Waals surface area (Å²) >= 11 is 0. The van der Waals surface area contributed by atoms with Crippen molar-refractivity contribution in [2.75, 3.05) is 13.2 Å². The topological polar surface area (TPSA) is 46.6 Å². The Morgan fingerprint density at radius 3 is 2.60 bits per heavy atom. The third-order valence-electron chi connectivity index (χ3n) is 3.55. The smallest absolute Gasteiger partial charge is 0.190 e. The van der Waals surface area contributed by atoms with Crippen LogP contribution in [-0.2, 0) is 0 Å². The van der Waals surface area contributed by atoms with E-state index in [9.17, 15) is 0 Å². The quantitative estimate of drug-likeness (QED) is 0.375. The van der Waals surface area contributed by atoms with Crippen LogP contribution in [-0.4, -0.2) is 13.2 Å². The molecule has 0 spiro atoms. The maximum absolute atomic E-state index is 8.86. The van der Waals surface area contributed by atoms with Gasteiger partial charge in [0.25, 0.3) is 0 Å². The van der Waals surface area contributed by atoms with E-state index < -0.39 is 0 Å². The van der Waals surface area contributed by atoms with Gasteiger partial charge < -0.3 is 9.47 Å². The summed E-state index contributed by atoms with van der Waals surface area (Å²) in [5.41, 5.74) is 2.42. The van der Waals surface area contributed by atoms with Gasteiger partial charge in [-0.2, -0.15) is 5.26 Å². The van der Waals surface area contributed by atoms with Crippen LogP contribution in [0.2, 0.25) is 0 Å². The fraction of sp³-hybridized carbons (Fsp3) is 0.238. The Bertz CT molecular complexity index is 813. The molecule has 0 saturated heterocycles. The van der Waals surface area contributed by atoms with Gasteiger partial charge >= 0.3 is 0 Å². The third-order valence-corrected chi connectivity index (χ3v) is 3.55. The maximum Gasteiger partial charge on any atom is 0.190 e. The molecule has 126 valence electrons. The van der Waals surface area contributed by atoms with Gasteiger partial charge in [-0.3, -0.25) is 0 Å². The summed E-state index contributed by atoms with van der Waals surface area (Å²) in [6.45, 7) is 10.2. The molecule has 0 fully saturated rings. The summed E-state index contributed by atoms with van der Waals surface area (Å²) < 4.78 is 11.3. The molecule has 0 unspecified atom stereocenters. The zero-order chi connectivity index (χ0) is 17.9. The predicted octanol–water partition coefficient (Wildman–Crippen LogP) is 5.29. The summed E-state index contributed by atoms with van der Waals surface area (Å²) in [6, 6.07) is 16.4. The lowest BCUT2D eigenvalue weighted by Crippen LogP contribution is -1.99. The molecule has 0 N–H and O–H groups in total. The van der Waals surface area contributed by atoms with Crippen LogP contribution in [0.25, 0.3) is 4.85 Å². The molecule has 0 heterocycles. The van der Waals surface area contributed by atoms with E-state index in [2.05, 4.69) is 23.9 Å². The Labute approximate surface area is 148 Å². The van der Waals surface area contributed by atoms with E-state index in [-0.39, 0.29) is 0 Å². The standard InChI is InChI=1S/C21H20N2O2/c1-17(11-13-25-21-10-4-8-19(15-21)23-2)6-5-12-24-20-9-3-7-18(14-20)16-22/h3-4,6-10,14-15H,5,11-13H2,1H3/b17-6+. The molecule has 0 amide bonds. The molecular weight excluding hydrogens is 312 g/mol. The van der Waals surface area contributed by atoms with E-state index in [0.29, 0.717) is 30.2 Å². The number of rotatable bonds is 8. The highest BCUT2D eigenvalue weighted by Crippen LogP contribution is 2.20. The van der Waals surface area contributed by atoms with E-state index in [0.717, 1.165) is 18.6 Å². The molecule has 25 heavy (non-hydrogen) atoms. The number of ether oxygens (including phenoxy) is 2. The van der Waals surface area contributed by atoms with Crippen molar-refractivity contribution in [3.63, 3.8) is 0 Å². The molecule has 4 heteroatoms. The molecule has 0 atom stereocenters. The first-order valence-electron chi connectivity index (χ1n) is 8.10. The Kier molecular flexibility index (Phi) is 7.10. The first kappa shape index (κ1) is 18.1. The number of hydrogen-bond acceptors (Lipinski definition) is 3. The minimum atomic E-state index is 0.570. The van der Waals surface area contributed by atoms with Gasteiger partial charge in [0.15, 0.2) is 5.69 Å². The fourth-order valence-electron chi connectivity index (χ4n) is 2.21. The summed E-state index contributed by atoms with van der Waals surface area (Å²) in [6.07, 6.45) is 3.76. The Hall–Kier alpha value is -3.24. The summed E-state index contributed by atoms with van der Waals surface area (Å²) in [5.74, 6) is 1.44. The van der Waals surface area contributed by atoms with Crippen LogP contribution in [0, 0.1) is 17.9 Å². The van der Waals surface area contributed by atoms with Crippen molar-refractivity contribution in [3.05, 3.63) is 77.2 Å². The molecular formula is C21H20N2O2. The van der Waals surface area contributed by atoms with Crippen molar-refractivity contribution in [1.82, 2.24) is 0 Å².